The molecule has 178 valence electrons. The minimum atomic E-state index is -4.65. The molecule has 0 aliphatic heterocycles. The summed E-state index contributed by atoms with van der Waals surface area (Å²) in [6, 6.07) is 9.87. The Morgan fingerprint density at radius 2 is 1.59 bits per heavy atom. The zero-order chi connectivity index (χ0) is 24.7. The molecular formula is C21H17ClF3N5O4. The molecule has 34 heavy (non-hydrogen) atoms. The van der Waals surface area contributed by atoms with Gasteiger partial charge in [-0.3, -0.25) is 4.79 Å². The standard InChI is InChI=1S/C21H17ClF3N5O4/c22-16-6-3-13(9-15(16)21(23,24)25)30-20(32)29-12-1-4-14(5-2-12)33-7-8-34-18-10-17(19(26)31)27-11-28-18/h1-6,9-11H,7-8H2,(H2,26,31)(H2,29,30,32). The van der Waals surface area contributed by atoms with Gasteiger partial charge in [-0.25, -0.2) is 14.8 Å². The molecule has 0 aliphatic carbocycles. The highest BCUT2D eigenvalue weighted by Gasteiger charge is 2.33. The van der Waals surface area contributed by atoms with Crippen molar-refractivity contribution in [2.45, 2.75) is 6.18 Å². The average molecular weight is 496 g/mol. The number of ether oxygens (including phenoxy) is 2. The molecule has 0 spiro atoms. The Morgan fingerprint density at radius 3 is 2.26 bits per heavy atom. The molecule has 3 rings (SSSR count). The molecule has 0 saturated carbocycles. The Morgan fingerprint density at radius 1 is 0.941 bits per heavy atom. The number of alkyl halides is 3. The van der Waals surface area contributed by atoms with Crippen molar-refractivity contribution < 1.29 is 32.2 Å². The SMILES string of the molecule is NC(=O)c1cc(OCCOc2ccc(NC(=O)Nc3ccc(Cl)c(C(F)(F)F)c3)cc2)ncn1. The fourth-order valence-corrected chi connectivity index (χ4v) is 2.83. The number of amides is 3. The number of aromatic nitrogens is 2. The van der Waals surface area contributed by atoms with E-state index in [0.29, 0.717) is 11.4 Å². The maximum Gasteiger partial charge on any atom is 0.417 e. The molecule has 1 heterocycles. The lowest BCUT2D eigenvalue weighted by molar-refractivity contribution is -0.137. The minimum Gasteiger partial charge on any atom is -0.490 e. The van der Waals surface area contributed by atoms with Crippen molar-refractivity contribution in [2.75, 3.05) is 23.8 Å². The summed E-state index contributed by atoms with van der Waals surface area (Å²) in [5.41, 5.74) is 4.42. The van der Waals surface area contributed by atoms with Gasteiger partial charge in [0.15, 0.2) is 0 Å². The third kappa shape index (κ3) is 6.97. The van der Waals surface area contributed by atoms with Crippen LogP contribution in [-0.4, -0.2) is 35.1 Å². The van der Waals surface area contributed by atoms with E-state index in [2.05, 4.69) is 20.6 Å². The van der Waals surface area contributed by atoms with Crippen LogP contribution in [-0.2, 0) is 6.18 Å². The number of hydrogen-bond acceptors (Lipinski definition) is 6. The molecule has 0 radical (unpaired) electrons. The molecule has 3 aromatic rings. The van der Waals surface area contributed by atoms with Crippen LogP contribution >= 0.6 is 11.6 Å². The first kappa shape index (κ1) is 24.6. The summed E-state index contributed by atoms with van der Waals surface area (Å²) in [6.45, 7) is 0.278. The monoisotopic (exact) mass is 495 g/mol. The minimum absolute atomic E-state index is 0.0231. The molecule has 1 aromatic heterocycles. The number of nitrogens with two attached hydrogens (primary N) is 1. The highest BCUT2D eigenvalue weighted by molar-refractivity contribution is 6.31. The number of rotatable bonds is 8. The number of nitrogens with one attached hydrogen (secondary N) is 2. The second kappa shape index (κ2) is 10.7. The molecule has 0 fully saturated rings. The van der Waals surface area contributed by atoms with Crippen LogP contribution in [0.3, 0.4) is 0 Å². The van der Waals surface area contributed by atoms with Crippen molar-refractivity contribution in [1.82, 2.24) is 9.97 Å². The summed E-state index contributed by atoms with van der Waals surface area (Å²) in [6.07, 6.45) is -3.49. The summed E-state index contributed by atoms with van der Waals surface area (Å²) in [5, 5.41) is 4.35. The quantitative estimate of drug-likeness (QED) is 0.398. The Kier molecular flexibility index (Phi) is 7.74. The summed E-state index contributed by atoms with van der Waals surface area (Å²) < 4.78 is 49.7. The van der Waals surface area contributed by atoms with Gasteiger partial charge in [-0.2, -0.15) is 13.2 Å². The molecule has 0 atom stereocenters. The Hall–Kier alpha value is -4.06. The van der Waals surface area contributed by atoms with Crippen molar-refractivity contribution in [2.24, 2.45) is 5.73 Å². The van der Waals surface area contributed by atoms with Gasteiger partial charge in [0.05, 0.1) is 10.6 Å². The van der Waals surface area contributed by atoms with Crippen LogP contribution in [0.4, 0.5) is 29.3 Å². The Bertz CT molecular complexity index is 1180. The molecule has 0 saturated heterocycles. The van der Waals surface area contributed by atoms with Crippen LogP contribution in [0.1, 0.15) is 16.1 Å². The van der Waals surface area contributed by atoms with Crippen LogP contribution < -0.4 is 25.8 Å². The normalized spacial score (nSPS) is 10.9. The highest BCUT2D eigenvalue weighted by atomic mass is 35.5. The van der Waals surface area contributed by atoms with E-state index in [1.54, 1.807) is 24.3 Å². The molecule has 0 aliphatic rings. The Labute approximate surface area is 196 Å². The number of benzene rings is 2. The first-order valence-electron chi connectivity index (χ1n) is 9.54. The highest BCUT2D eigenvalue weighted by Crippen LogP contribution is 2.36. The fourth-order valence-electron chi connectivity index (χ4n) is 2.61. The number of primary amides is 1. The van der Waals surface area contributed by atoms with Gasteiger partial charge < -0.3 is 25.8 Å². The van der Waals surface area contributed by atoms with Gasteiger partial charge in [0.2, 0.25) is 5.88 Å². The first-order chi connectivity index (χ1) is 16.1. The van der Waals surface area contributed by atoms with Gasteiger partial charge in [0.25, 0.3) is 5.91 Å². The number of hydrogen-bond donors (Lipinski definition) is 3. The largest absolute Gasteiger partial charge is 0.490 e. The predicted octanol–water partition coefficient (Wildman–Crippen LogP) is 4.35. The molecule has 3 amide bonds. The van der Waals surface area contributed by atoms with Gasteiger partial charge in [0, 0.05) is 17.4 Å². The summed E-state index contributed by atoms with van der Waals surface area (Å²) in [5.74, 6) is -0.0614. The zero-order valence-electron chi connectivity index (χ0n) is 17.2. The zero-order valence-corrected chi connectivity index (χ0v) is 18.0. The van der Waals surface area contributed by atoms with Crippen molar-refractivity contribution in [3.05, 3.63) is 71.1 Å². The van der Waals surface area contributed by atoms with E-state index in [-0.39, 0.29) is 30.5 Å². The first-order valence-corrected chi connectivity index (χ1v) is 9.92. The van der Waals surface area contributed by atoms with E-state index in [1.807, 2.05) is 0 Å². The molecule has 4 N–H and O–H groups in total. The summed E-state index contributed by atoms with van der Waals surface area (Å²) >= 11 is 5.57. The molecule has 2 aromatic carbocycles. The van der Waals surface area contributed by atoms with E-state index in [1.165, 1.54) is 12.1 Å². The second-order valence-corrected chi connectivity index (χ2v) is 7.01. The van der Waals surface area contributed by atoms with Crippen LogP contribution in [0.2, 0.25) is 5.02 Å². The maximum absolute atomic E-state index is 12.9. The van der Waals surface area contributed by atoms with Gasteiger partial charge in [-0.05, 0) is 42.5 Å². The maximum atomic E-state index is 12.9. The molecule has 0 unspecified atom stereocenters. The number of anilines is 2. The molecule has 9 nitrogen and oxygen atoms in total. The van der Waals surface area contributed by atoms with E-state index in [4.69, 9.17) is 26.8 Å². The van der Waals surface area contributed by atoms with Crippen LogP contribution in [0.25, 0.3) is 0 Å². The van der Waals surface area contributed by atoms with Crippen LogP contribution in [0, 0.1) is 0 Å². The smallest absolute Gasteiger partial charge is 0.417 e. The predicted molar refractivity (Wildman–Crippen MR) is 117 cm³/mol. The molecular weight excluding hydrogens is 479 g/mol. The third-order valence-corrected chi connectivity index (χ3v) is 4.47. The van der Waals surface area contributed by atoms with Crippen LogP contribution in [0.5, 0.6) is 11.6 Å². The van der Waals surface area contributed by atoms with E-state index in [0.717, 1.165) is 18.5 Å². The van der Waals surface area contributed by atoms with Crippen molar-refractivity contribution in [3.63, 3.8) is 0 Å². The number of urea groups is 1. The number of halogens is 4. The Balaban J connectivity index is 1.47. The van der Waals surface area contributed by atoms with Gasteiger partial charge >= 0.3 is 12.2 Å². The van der Waals surface area contributed by atoms with Gasteiger partial charge in [-0.1, -0.05) is 11.6 Å². The van der Waals surface area contributed by atoms with Crippen molar-refractivity contribution in [1.29, 1.82) is 0 Å². The van der Waals surface area contributed by atoms with Crippen molar-refractivity contribution in [3.8, 4) is 11.6 Å². The van der Waals surface area contributed by atoms with Crippen LogP contribution in [0.15, 0.2) is 54.9 Å². The number of carbonyl (C=O) groups excluding carboxylic acids is 2. The van der Waals surface area contributed by atoms with E-state index in [9.17, 15) is 22.8 Å². The molecule has 0 bridgehead atoms. The lowest BCUT2D eigenvalue weighted by Gasteiger charge is -2.12. The van der Waals surface area contributed by atoms with Crippen molar-refractivity contribution >= 4 is 34.9 Å². The summed E-state index contributed by atoms with van der Waals surface area (Å²) in [4.78, 5) is 30.7. The van der Waals surface area contributed by atoms with E-state index >= 15 is 0 Å². The van der Waals surface area contributed by atoms with E-state index < -0.39 is 28.7 Å². The lowest BCUT2D eigenvalue weighted by atomic mass is 10.2. The number of nitrogens with zero attached hydrogens (tertiary/aromatic N) is 2. The lowest BCUT2D eigenvalue weighted by Crippen LogP contribution is -2.20. The topological polar surface area (TPSA) is 128 Å². The number of carbonyl (C=O) groups is 2. The molecule has 13 heteroatoms. The van der Waals surface area contributed by atoms with Gasteiger partial charge in [0.1, 0.15) is 31.0 Å². The second-order valence-electron chi connectivity index (χ2n) is 6.60. The van der Waals surface area contributed by atoms with Gasteiger partial charge in [-0.15, -0.1) is 0 Å². The average Bonchev–Trinajstić information content (AvgIpc) is 2.78. The fraction of sp³-hybridized carbons (Fsp3) is 0.143. The third-order valence-electron chi connectivity index (χ3n) is 4.14. The summed E-state index contributed by atoms with van der Waals surface area (Å²) in [7, 11) is 0.